The van der Waals surface area contributed by atoms with Gasteiger partial charge in [0.15, 0.2) is 0 Å². The quantitative estimate of drug-likeness (QED) is 0.405. The van der Waals surface area contributed by atoms with E-state index in [0.29, 0.717) is 12.1 Å². The first-order valence-corrected chi connectivity index (χ1v) is 9.34. The Hall–Kier alpha value is -1.50. The summed E-state index contributed by atoms with van der Waals surface area (Å²) in [5.41, 5.74) is 6.06. The van der Waals surface area contributed by atoms with Crippen LogP contribution in [0.25, 0.3) is 0 Å². The number of hydrogen-bond donors (Lipinski definition) is 0. The number of hydrogen-bond acceptors (Lipinski definition) is 0. The summed E-state index contributed by atoms with van der Waals surface area (Å²) < 4.78 is 0. The summed E-state index contributed by atoms with van der Waals surface area (Å²) in [5.74, 6) is 0. The van der Waals surface area contributed by atoms with Crippen LogP contribution in [-0.4, -0.2) is 6.71 Å². The van der Waals surface area contributed by atoms with Crippen LogP contribution in [0.3, 0.4) is 0 Å². The lowest BCUT2D eigenvalue weighted by atomic mass is 9.41. The van der Waals surface area contributed by atoms with Gasteiger partial charge < -0.3 is 0 Å². The molecule has 0 heterocycles. The summed E-state index contributed by atoms with van der Waals surface area (Å²) in [6, 6.07) is 10.6. The molecular formula is C24H39B. The van der Waals surface area contributed by atoms with E-state index in [4.69, 9.17) is 0 Å². The zero-order valence-electron chi connectivity index (χ0n) is 18.3. The van der Waals surface area contributed by atoms with Gasteiger partial charge in [-0.3, -0.25) is 0 Å². The van der Waals surface area contributed by atoms with E-state index >= 15 is 0 Å². The van der Waals surface area contributed by atoms with Gasteiger partial charge in [-0.05, 0) is 24.7 Å². The highest BCUT2D eigenvalue weighted by molar-refractivity contribution is 6.79. The summed E-state index contributed by atoms with van der Waals surface area (Å²) in [4.78, 5) is 0. The topological polar surface area (TPSA) is 0 Å². The Bertz CT molecular complexity index is 583. The molecule has 138 valence electrons. The van der Waals surface area contributed by atoms with E-state index in [9.17, 15) is 0 Å². The Morgan fingerprint density at radius 1 is 0.920 bits per heavy atom. The van der Waals surface area contributed by atoms with Gasteiger partial charge in [-0.25, -0.2) is 0 Å². The van der Waals surface area contributed by atoms with E-state index in [-0.39, 0.29) is 5.41 Å². The Morgan fingerprint density at radius 3 is 1.72 bits per heavy atom. The van der Waals surface area contributed by atoms with Crippen LogP contribution in [-0.2, 0) is 0 Å². The van der Waals surface area contributed by atoms with Gasteiger partial charge >= 0.3 is 0 Å². The van der Waals surface area contributed by atoms with Crippen molar-refractivity contribution in [1.29, 1.82) is 0 Å². The van der Waals surface area contributed by atoms with Crippen LogP contribution in [0.4, 0.5) is 0 Å². The molecule has 1 heteroatoms. The minimum atomic E-state index is 0.212. The fourth-order valence-electron chi connectivity index (χ4n) is 2.23. The van der Waals surface area contributed by atoms with Crippen molar-refractivity contribution >= 4 is 12.2 Å². The Balaban J connectivity index is 0.00000101. The van der Waals surface area contributed by atoms with Crippen LogP contribution in [0, 0.1) is 10.8 Å². The highest BCUT2D eigenvalue weighted by Crippen LogP contribution is 2.26. The average molecular weight is 338 g/mol. The van der Waals surface area contributed by atoms with Gasteiger partial charge in [0.05, 0.1) is 0 Å². The molecule has 0 aliphatic carbocycles. The normalized spacial score (nSPS) is 13.4. The van der Waals surface area contributed by atoms with Crippen molar-refractivity contribution in [3.05, 3.63) is 65.7 Å². The molecule has 0 unspecified atom stereocenters. The molecule has 1 aromatic rings. The maximum Gasteiger partial charge on any atom is 0.206 e. The Morgan fingerprint density at radius 2 is 1.36 bits per heavy atom. The van der Waals surface area contributed by atoms with E-state index in [1.165, 1.54) is 22.1 Å². The molecule has 0 fully saturated rings. The van der Waals surface area contributed by atoms with Crippen LogP contribution in [0.2, 0.25) is 6.82 Å². The molecule has 0 radical (unpaired) electrons. The van der Waals surface area contributed by atoms with E-state index in [1.807, 2.05) is 6.08 Å². The number of rotatable bonds is 4. The van der Waals surface area contributed by atoms with E-state index in [1.54, 1.807) is 0 Å². The van der Waals surface area contributed by atoms with Gasteiger partial charge in [0.25, 0.3) is 0 Å². The van der Waals surface area contributed by atoms with Crippen molar-refractivity contribution in [2.24, 2.45) is 10.8 Å². The van der Waals surface area contributed by atoms with Crippen molar-refractivity contribution in [3.8, 4) is 0 Å². The fourth-order valence-corrected chi connectivity index (χ4v) is 2.23. The maximum absolute atomic E-state index is 4.01. The molecule has 25 heavy (non-hydrogen) atoms. The standard InChI is InChI=1S/C19H27B.C5H12/c1-8-18(15(2)14-16(3)19(4,5)6)20(7)17-12-10-9-11-13-17;1-5(2,3)4/h8-14H,1H2,2-7H3;1-4H3/b16-14+,18-15+;. The molecule has 0 nitrogen and oxygen atoms in total. The van der Waals surface area contributed by atoms with Gasteiger partial charge in [0, 0.05) is 0 Å². The monoisotopic (exact) mass is 338 g/mol. The first kappa shape index (κ1) is 23.5. The van der Waals surface area contributed by atoms with Crippen molar-refractivity contribution in [2.75, 3.05) is 0 Å². The smallest absolute Gasteiger partial charge is 0.0996 e. The lowest BCUT2D eigenvalue weighted by Crippen LogP contribution is -2.28. The lowest BCUT2D eigenvalue weighted by Gasteiger charge is -2.21. The van der Waals surface area contributed by atoms with Crippen molar-refractivity contribution in [2.45, 2.75) is 69.1 Å². The molecule has 0 aromatic heterocycles. The summed E-state index contributed by atoms with van der Waals surface area (Å²) in [7, 11) is 0. The predicted octanol–water partition coefficient (Wildman–Crippen LogP) is 7.10. The third-order valence-corrected chi connectivity index (χ3v) is 4.06. The summed E-state index contributed by atoms with van der Waals surface area (Å²) in [6.45, 7) is 26.5. The molecule has 0 saturated heterocycles. The third-order valence-electron chi connectivity index (χ3n) is 4.06. The molecule has 0 atom stereocenters. The SMILES string of the molecule is C=C/C(B(C)c1ccccc1)=C(C)\C=C(/C)C(C)(C)C.CC(C)(C)C. The van der Waals surface area contributed by atoms with Crippen molar-refractivity contribution in [1.82, 2.24) is 0 Å². The minimum Gasteiger partial charge on any atom is -0.0996 e. The third kappa shape index (κ3) is 10.2. The van der Waals surface area contributed by atoms with E-state index in [0.717, 1.165) is 0 Å². The first-order chi connectivity index (χ1) is 11.3. The second-order valence-corrected chi connectivity index (χ2v) is 9.55. The van der Waals surface area contributed by atoms with Gasteiger partial charge in [0.1, 0.15) is 0 Å². The van der Waals surface area contributed by atoms with Crippen LogP contribution in [0.15, 0.2) is 65.7 Å². The van der Waals surface area contributed by atoms with Crippen LogP contribution >= 0.6 is 0 Å². The molecule has 1 rings (SSSR count). The van der Waals surface area contributed by atoms with Crippen LogP contribution in [0.5, 0.6) is 0 Å². The van der Waals surface area contributed by atoms with Gasteiger partial charge in [-0.1, -0.05) is 126 Å². The van der Waals surface area contributed by atoms with Gasteiger partial charge in [-0.2, -0.15) is 0 Å². The van der Waals surface area contributed by atoms with Crippen LogP contribution in [0.1, 0.15) is 62.3 Å². The Labute approximate surface area is 158 Å². The second kappa shape index (κ2) is 9.85. The zero-order chi connectivity index (χ0) is 19.8. The first-order valence-electron chi connectivity index (χ1n) is 9.34. The van der Waals surface area contributed by atoms with Crippen molar-refractivity contribution < 1.29 is 0 Å². The Kier molecular flexibility index (Phi) is 9.26. The highest BCUT2D eigenvalue weighted by Gasteiger charge is 2.16. The molecule has 0 bridgehead atoms. The van der Waals surface area contributed by atoms with E-state index < -0.39 is 0 Å². The summed E-state index contributed by atoms with van der Waals surface area (Å²) in [6.07, 6.45) is 4.30. The van der Waals surface area contributed by atoms with Gasteiger partial charge in [-0.15, -0.1) is 0 Å². The number of allylic oxidation sites excluding steroid dienone is 5. The molecular weight excluding hydrogens is 299 g/mol. The average Bonchev–Trinajstić information content (AvgIpc) is 2.46. The molecule has 0 amide bonds. The molecule has 0 N–H and O–H groups in total. The largest absolute Gasteiger partial charge is 0.206 e. The minimum absolute atomic E-state index is 0.212. The second-order valence-electron chi connectivity index (χ2n) is 9.55. The summed E-state index contributed by atoms with van der Waals surface area (Å²) >= 11 is 0. The molecule has 0 saturated carbocycles. The molecule has 0 aliphatic heterocycles. The maximum atomic E-state index is 4.01. The summed E-state index contributed by atoms with van der Waals surface area (Å²) in [5, 5.41) is 0. The van der Waals surface area contributed by atoms with Crippen molar-refractivity contribution in [3.63, 3.8) is 0 Å². The zero-order valence-corrected chi connectivity index (χ0v) is 18.3. The van der Waals surface area contributed by atoms with Crippen LogP contribution < -0.4 is 5.46 Å². The molecule has 0 spiro atoms. The molecule has 0 aliphatic rings. The molecule has 1 aromatic carbocycles. The fraction of sp³-hybridized carbons (Fsp3) is 0.500. The predicted molar refractivity (Wildman–Crippen MR) is 119 cm³/mol. The van der Waals surface area contributed by atoms with Gasteiger partial charge in [0.2, 0.25) is 6.71 Å². The number of benzene rings is 1. The lowest BCUT2D eigenvalue weighted by molar-refractivity contribution is 0.469. The highest BCUT2D eigenvalue weighted by atomic mass is 14.2. The van der Waals surface area contributed by atoms with E-state index in [2.05, 4.69) is 112 Å².